The van der Waals surface area contributed by atoms with Gasteiger partial charge < -0.3 is 14.5 Å². The highest BCUT2D eigenvalue weighted by Gasteiger charge is 2.35. The number of aromatic nitrogens is 2. The van der Waals surface area contributed by atoms with Crippen molar-refractivity contribution in [2.75, 3.05) is 6.61 Å². The number of benzene rings is 1. The third-order valence-electron chi connectivity index (χ3n) is 5.77. The number of furan rings is 1. The lowest BCUT2D eigenvalue weighted by atomic mass is 9.99. The number of aryl methyl sites for hydroxylation is 2. The van der Waals surface area contributed by atoms with Gasteiger partial charge in [-0.2, -0.15) is 5.10 Å². The molecule has 1 saturated heterocycles. The molecule has 2 aromatic heterocycles. The van der Waals surface area contributed by atoms with E-state index in [0.717, 1.165) is 34.3 Å². The van der Waals surface area contributed by atoms with Crippen LogP contribution in [-0.4, -0.2) is 28.3 Å². The van der Waals surface area contributed by atoms with Crippen LogP contribution in [0.5, 0.6) is 0 Å². The minimum absolute atomic E-state index is 0.0904. The Balaban J connectivity index is 1.61. The zero-order valence-electron chi connectivity index (χ0n) is 17.1. The predicted molar refractivity (Wildman–Crippen MR) is 108 cm³/mol. The van der Waals surface area contributed by atoms with Crippen LogP contribution < -0.4 is 5.32 Å². The SMILES string of the molecule is Cc1nn(C)c(C)c1[C@H]1OCC[C@@H]1NC(=O)c1coc2ccc(C(C)C)cc12. The molecule has 6 heteroatoms. The monoisotopic (exact) mass is 381 g/mol. The molecule has 1 fully saturated rings. The van der Waals surface area contributed by atoms with E-state index in [2.05, 4.69) is 30.3 Å². The Morgan fingerprint density at radius 2 is 2.11 bits per heavy atom. The zero-order valence-corrected chi connectivity index (χ0v) is 17.1. The average Bonchev–Trinajstić information content (AvgIpc) is 3.33. The second-order valence-corrected chi connectivity index (χ2v) is 7.93. The fraction of sp³-hybridized carbons (Fsp3) is 0.455. The minimum Gasteiger partial charge on any atom is -0.463 e. The van der Waals surface area contributed by atoms with Crippen molar-refractivity contribution >= 4 is 16.9 Å². The molecule has 6 nitrogen and oxygen atoms in total. The number of amides is 1. The highest BCUT2D eigenvalue weighted by molar-refractivity contribution is 6.06. The Labute approximate surface area is 164 Å². The second kappa shape index (κ2) is 7.09. The Kier molecular flexibility index (Phi) is 4.75. The van der Waals surface area contributed by atoms with Gasteiger partial charge in [-0.3, -0.25) is 9.48 Å². The van der Waals surface area contributed by atoms with E-state index >= 15 is 0 Å². The van der Waals surface area contributed by atoms with Crippen molar-refractivity contribution in [3.63, 3.8) is 0 Å². The summed E-state index contributed by atoms with van der Waals surface area (Å²) in [4.78, 5) is 13.1. The zero-order chi connectivity index (χ0) is 20.0. The third kappa shape index (κ3) is 3.11. The quantitative estimate of drug-likeness (QED) is 0.736. The van der Waals surface area contributed by atoms with Crippen molar-refractivity contribution < 1.29 is 13.9 Å². The Morgan fingerprint density at radius 1 is 1.32 bits per heavy atom. The van der Waals surface area contributed by atoms with Gasteiger partial charge in [-0.25, -0.2) is 0 Å². The van der Waals surface area contributed by atoms with Gasteiger partial charge in [-0.1, -0.05) is 19.9 Å². The molecule has 0 radical (unpaired) electrons. The van der Waals surface area contributed by atoms with E-state index in [-0.39, 0.29) is 18.1 Å². The summed E-state index contributed by atoms with van der Waals surface area (Å²) < 4.78 is 13.5. The molecule has 148 valence electrons. The van der Waals surface area contributed by atoms with Gasteiger partial charge in [0.05, 0.1) is 17.3 Å². The molecule has 1 N–H and O–H groups in total. The third-order valence-corrected chi connectivity index (χ3v) is 5.77. The fourth-order valence-corrected chi connectivity index (χ4v) is 4.05. The number of hydrogen-bond donors (Lipinski definition) is 1. The summed E-state index contributed by atoms with van der Waals surface area (Å²) in [6, 6.07) is 5.95. The van der Waals surface area contributed by atoms with Gasteiger partial charge in [0.15, 0.2) is 0 Å². The minimum atomic E-state index is -0.179. The molecule has 0 spiro atoms. The van der Waals surface area contributed by atoms with Gasteiger partial charge in [0.1, 0.15) is 18.0 Å². The number of ether oxygens (including phenoxy) is 1. The first-order chi connectivity index (χ1) is 13.4. The van der Waals surface area contributed by atoms with Gasteiger partial charge in [0.2, 0.25) is 0 Å². The lowest BCUT2D eigenvalue weighted by molar-refractivity contribution is 0.0817. The van der Waals surface area contributed by atoms with Crippen LogP contribution in [0.15, 0.2) is 28.9 Å². The predicted octanol–water partition coefficient (Wildman–Crippen LogP) is 4.17. The first kappa shape index (κ1) is 18.7. The van der Waals surface area contributed by atoms with Crippen molar-refractivity contribution in [2.45, 2.75) is 52.2 Å². The molecule has 0 aliphatic carbocycles. The smallest absolute Gasteiger partial charge is 0.255 e. The molecule has 3 aromatic rings. The van der Waals surface area contributed by atoms with Crippen LogP contribution in [-0.2, 0) is 11.8 Å². The summed E-state index contributed by atoms with van der Waals surface area (Å²) in [6.45, 7) is 8.92. The maximum absolute atomic E-state index is 13.1. The van der Waals surface area contributed by atoms with Crippen molar-refractivity contribution in [1.82, 2.24) is 15.1 Å². The Morgan fingerprint density at radius 3 is 2.79 bits per heavy atom. The summed E-state index contributed by atoms with van der Waals surface area (Å²) >= 11 is 0. The first-order valence-electron chi connectivity index (χ1n) is 9.80. The molecule has 1 aliphatic heterocycles. The highest BCUT2D eigenvalue weighted by atomic mass is 16.5. The van der Waals surface area contributed by atoms with Crippen LogP contribution in [0.1, 0.15) is 65.2 Å². The number of nitrogens with zero attached hydrogens (tertiary/aromatic N) is 2. The molecule has 4 rings (SSSR count). The van der Waals surface area contributed by atoms with E-state index in [1.165, 1.54) is 5.56 Å². The van der Waals surface area contributed by atoms with Crippen molar-refractivity contribution in [2.24, 2.45) is 7.05 Å². The number of fused-ring (bicyclic) bond motifs is 1. The molecule has 1 aliphatic rings. The molecule has 3 heterocycles. The van der Waals surface area contributed by atoms with E-state index in [1.54, 1.807) is 6.26 Å². The van der Waals surface area contributed by atoms with E-state index in [0.29, 0.717) is 18.1 Å². The number of nitrogens with one attached hydrogen (secondary N) is 1. The van der Waals surface area contributed by atoms with Gasteiger partial charge in [0, 0.05) is 30.3 Å². The Bertz CT molecular complexity index is 1030. The molecule has 0 saturated carbocycles. The molecule has 2 atom stereocenters. The first-order valence-corrected chi connectivity index (χ1v) is 9.80. The van der Waals surface area contributed by atoms with Crippen molar-refractivity contribution in [3.8, 4) is 0 Å². The topological polar surface area (TPSA) is 69.3 Å². The van der Waals surface area contributed by atoms with Gasteiger partial charge in [-0.05, 0) is 43.9 Å². The van der Waals surface area contributed by atoms with E-state index in [4.69, 9.17) is 9.15 Å². The Hall–Kier alpha value is -2.60. The molecule has 28 heavy (non-hydrogen) atoms. The normalized spacial score (nSPS) is 19.6. The second-order valence-electron chi connectivity index (χ2n) is 7.93. The van der Waals surface area contributed by atoms with Gasteiger partial charge >= 0.3 is 0 Å². The van der Waals surface area contributed by atoms with Crippen LogP contribution >= 0.6 is 0 Å². The van der Waals surface area contributed by atoms with Crippen LogP contribution in [0.2, 0.25) is 0 Å². The van der Waals surface area contributed by atoms with E-state index in [1.807, 2.05) is 37.7 Å². The summed E-state index contributed by atoms with van der Waals surface area (Å²) in [5, 5.41) is 8.52. The van der Waals surface area contributed by atoms with Crippen LogP contribution in [0.4, 0.5) is 0 Å². The summed E-state index contributed by atoms with van der Waals surface area (Å²) in [5.74, 6) is 0.263. The largest absolute Gasteiger partial charge is 0.463 e. The lowest BCUT2D eigenvalue weighted by Crippen LogP contribution is -2.37. The van der Waals surface area contributed by atoms with Crippen molar-refractivity contribution in [3.05, 3.63) is 52.5 Å². The summed E-state index contributed by atoms with van der Waals surface area (Å²) in [5.41, 5.74) is 5.58. The van der Waals surface area contributed by atoms with Gasteiger partial charge in [-0.15, -0.1) is 0 Å². The number of hydrogen-bond acceptors (Lipinski definition) is 4. The standard InChI is InChI=1S/C22H27N3O3/c1-12(2)15-6-7-19-16(10-15)17(11-28-19)22(26)23-18-8-9-27-21(18)20-13(3)24-25(5)14(20)4/h6-7,10-12,18,21H,8-9H2,1-5H3,(H,23,26)/t18-,21-/m0/s1. The highest BCUT2D eigenvalue weighted by Crippen LogP contribution is 2.34. The van der Waals surface area contributed by atoms with Gasteiger partial charge in [0.25, 0.3) is 5.91 Å². The molecule has 0 bridgehead atoms. The van der Waals surface area contributed by atoms with E-state index < -0.39 is 0 Å². The number of carbonyl (C=O) groups is 1. The lowest BCUT2D eigenvalue weighted by Gasteiger charge is -2.20. The average molecular weight is 381 g/mol. The fourth-order valence-electron chi connectivity index (χ4n) is 4.05. The number of rotatable bonds is 4. The molecular weight excluding hydrogens is 354 g/mol. The molecule has 1 aromatic carbocycles. The van der Waals surface area contributed by atoms with Crippen LogP contribution in [0, 0.1) is 13.8 Å². The summed E-state index contributed by atoms with van der Waals surface area (Å²) in [6.07, 6.45) is 2.15. The molecule has 0 unspecified atom stereocenters. The maximum atomic E-state index is 13.1. The van der Waals surface area contributed by atoms with Crippen LogP contribution in [0.3, 0.4) is 0 Å². The number of carbonyl (C=O) groups excluding carboxylic acids is 1. The summed E-state index contributed by atoms with van der Waals surface area (Å²) in [7, 11) is 1.93. The molecule has 1 amide bonds. The van der Waals surface area contributed by atoms with Crippen molar-refractivity contribution in [1.29, 1.82) is 0 Å². The van der Waals surface area contributed by atoms with E-state index in [9.17, 15) is 4.79 Å². The van der Waals surface area contributed by atoms with Crippen LogP contribution in [0.25, 0.3) is 11.0 Å². The maximum Gasteiger partial charge on any atom is 0.255 e. The molecular formula is C22H27N3O3.